The predicted molar refractivity (Wildman–Crippen MR) is 123 cm³/mol. The van der Waals surface area contributed by atoms with Crippen LogP contribution in [0.4, 0.5) is 0 Å². The number of aromatic nitrogens is 3. The van der Waals surface area contributed by atoms with Gasteiger partial charge in [0.2, 0.25) is 0 Å². The van der Waals surface area contributed by atoms with Crippen LogP contribution in [0.5, 0.6) is 5.75 Å². The lowest BCUT2D eigenvalue weighted by Crippen LogP contribution is -2.11. The second-order valence-corrected chi connectivity index (χ2v) is 8.11. The molecule has 0 saturated carbocycles. The number of rotatable bonds is 7. The highest BCUT2D eigenvalue weighted by atomic mass is 35.5. The summed E-state index contributed by atoms with van der Waals surface area (Å²) in [5.41, 5.74) is 2.56. The molecule has 0 radical (unpaired) electrons. The molecule has 1 heterocycles. The van der Waals surface area contributed by atoms with Crippen molar-refractivity contribution >= 4 is 23.4 Å². The van der Waals surface area contributed by atoms with Gasteiger partial charge in [0.1, 0.15) is 5.75 Å². The van der Waals surface area contributed by atoms with E-state index < -0.39 is 0 Å². The summed E-state index contributed by atoms with van der Waals surface area (Å²) in [4.78, 5) is 0. The summed E-state index contributed by atoms with van der Waals surface area (Å²) < 4.78 is 8.09. The van der Waals surface area contributed by atoms with Crippen molar-refractivity contribution < 1.29 is 4.74 Å². The second kappa shape index (κ2) is 9.69. The molecule has 4 rings (SSSR count). The fourth-order valence-corrected chi connectivity index (χ4v) is 4.28. The number of para-hydroxylation sites is 2. The number of thioether (sulfide) groups is 1. The van der Waals surface area contributed by atoms with E-state index in [0.717, 1.165) is 16.4 Å². The molecule has 0 bridgehead atoms. The molecule has 31 heavy (non-hydrogen) atoms. The van der Waals surface area contributed by atoms with Gasteiger partial charge in [0, 0.05) is 11.4 Å². The topological polar surface area (TPSA) is 63.7 Å². The first-order chi connectivity index (χ1) is 15.2. The first-order valence-corrected chi connectivity index (χ1v) is 11.1. The Balaban J connectivity index is 1.66. The van der Waals surface area contributed by atoms with E-state index in [9.17, 15) is 5.26 Å². The molecular weight excluding hydrogens is 428 g/mol. The average Bonchev–Trinajstić information content (AvgIpc) is 3.24. The van der Waals surface area contributed by atoms with E-state index in [1.165, 1.54) is 11.8 Å². The molecule has 1 aromatic heterocycles. The number of nitrogens with zero attached hydrogens (tertiary/aromatic N) is 4. The molecule has 4 aromatic rings. The van der Waals surface area contributed by atoms with Crippen LogP contribution in [0, 0.1) is 11.3 Å². The van der Waals surface area contributed by atoms with Crippen LogP contribution >= 0.6 is 23.4 Å². The zero-order valence-corrected chi connectivity index (χ0v) is 18.3. The van der Waals surface area contributed by atoms with Gasteiger partial charge in [0.15, 0.2) is 17.1 Å². The zero-order chi connectivity index (χ0) is 21.6. The fraction of sp³-hybridized carbons (Fsp3) is 0.125. The summed E-state index contributed by atoms with van der Waals surface area (Å²) in [6, 6.07) is 27.1. The lowest BCUT2D eigenvalue weighted by atomic mass is 10.1. The van der Waals surface area contributed by atoms with Crippen molar-refractivity contribution in [1.82, 2.24) is 14.8 Å². The molecular formula is C24H19ClN4OS. The van der Waals surface area contributed by atoms with Crippen molar-refractivity contribution in [3.8, 4) is 17.5 Å². The monoisotopic (exact) mass is 446 g/mol. The lowest BCUT2D eigenvalue weighted by molar-refractivity contribution is 0.213. The van der Waals surface area contributed by atoms with Crippen LogP contribution in [0.3, 0.4) is 0 Å². The van der Waals surface area contributed by atoms with Gasteiger partial charge < -0.3 is 4.74 Å². The van der Waals surface area contributed by atoms with Crippen LogP contribution in [-0.2, 0) is 5.75 Å². The number of halogens is 1. The van der Waals surface area contributed by atoms with Gasteiger partial charge in [-0.2, -0.15) is 5.26 Å². The van der Waals surface area contributed by atoms with Gasteiger partial charge in [-0.1, -0.05) is 71.9 Å². The van der Waals surface area contributed by atoms with Gasteiger partial charge in [-0.25, -0.2) is 0 Å². The number of nitriles is 1. The summed E-state index contributed by atoms with van der Waals surface area (Å²) in [5.74, 6) is 1.87. The Morgan fingerprint density at radius 2 is 1.71 bits per heavy atom. The van der Waals surface area contributed by atoms with Gasteiger partial charge in [0.05, 0.1) is 16.7 Å². The Bertz CT molecular complexity index is 1220. The van der Waals surface area contributed by atoms with Crippen molar-refractivity contribution in [2.24, 2.45) is 0 Å². The van der Waals surface area contributed by atoms with Gasteiger partial charge >= 0.3 is 0 Å². The van der Waals surface area contributed by atoms with E-state index in [4.69, 9.17) is 16.3 Å². The minimum atomic E-state index is -0.381. The van der Waals surface area contributed by atoms with E-state index in [0.29, 0.717) is 27.9 Å². The van der Waals surface area contributed by atoms with Crippen molar-refractivity contribution in [2.45, 2.75) is 23.9 Å². The molecule has 0 fully saturated rings. The van der Waals surface area contributed by atoms with Crippen LogP contribution in [0.25, 0.3) is 5.69 Å². The number of hydrogen-bond acceptors (Lipinski definition) is 5. The van der Waals surface area contributed by atoms with Crippen LogP contribution in [0.2, 0.25) is 5.02 Å². The smallest absolute Gasteiger partial charge is 0.196 e. The third-order valence-corrected chi connectivity index (χ3v) is 5.96. The highest BCUT2D eigenvalue weighted by molar-refractivity contribution is 7.98. The molecule has 0 amide bonds. The quantitative estimate of drug-likeness (QED) is 0.315. The SMILES string of the molecule is CC(Oc1ccccc1Cl)c1nnc(SCc2ccccc2C#N)n1-c1ccccc1. The molecule has 0 aliphatic heterocycles. The van der Waals surface area contributed by atoms with E-state index >= 15 is 0 Å². The molecule has 0 spiro atoms. The van der Waals surface area contributed by atoms with Gasteiger partial charge in [0.25, 0.3) is 0 Å². The molecule has 0 N–H and O–H groups in total. The average molecular weight is 447 g/mol. The van der Waals surface area contributed by atoms with E-state index in [-0.39, 0.29) is 6.10 Å². The lowest BCUT2D eigenvalue weighted by Gasteiger charge is -2.17. The highest BCUT2D eigenvalue weighted by Gasteiger charge is 2.22. The third kappa shape index (κ3) is 4.74. The fourth-order valence-electron chi connectivity index (χ4n) is 3.14. The Hall–Kier alpha value is -3.27. The van der Waals surface area contributed by atoms with Gasteiger partial charge in [-0.15, -0.1) is 10.2 Å². The van der Waals surface area contributed by atoms with Gasteiger partial charge in [-0.05, 0) is 42.8 Å². The van der Waals surface area contributed by atoms with Crippen LogP contribution in [-0.4, -0.2) is 14.8 Å². The van der Waals surface area contributed by atoms with Crippen molar-refractivity contribution in [1.29, 1.82) is 5.26 Å². The summed E-state index contributed by atoms with van der Waals surface area (Å²) in [6.07, 6.45) is -0.381. The highest BCUT2D eigenvalue weighted by Crippen LogP contribution is 2.32. The van der Waals surface area contributed by atoms with E-state index in [1.54, 1.807) is 6.07 Å². The maximum Gasteiger partial charge on any atom is 0.196 e. The number of benzene rings is 3. The maximum atomic E-state index is 9.37. The van der Waals surface area contributed by atoms with E-state index in [2.05, 4.69) is 16.3 Å². The first kappa shape index (κ1) is 21.0. The molecule has 3 aromatic carbocycles. The van der Waals surface area contributed by atoms with Crippen LogP contribution in [0.1, 0.15) is 30.0 Å². The Morgan fingerprint density at radius 3 is 2.48 bits per heavy atom. The molecule has 0 aliphatic rings. The normalized spacial score (nSPS) is 11.6. The van der Waals surface area contributed by atoms with Crippen molar-refractivity contribution in [2.75, 3.05) is 0 Å². The van der Waals surface area contributed by atoms with Crippen LogP contribution < -0.4 is 4.74 Å². The summed E-state index contributed by atoms with van der Waals surface area (Å²) >= 11 is 7.79. The predicted octanol–water partition coefficient (Wildman–Crippen LogP) is 6.22. The van der Waals surface area contributed by atoms with Crippen molar-refractivity contribution in [3.05, 3.63) is 101 Å². The Labute approximate surface area is 190 Å². The maximum absolute atomic E-state index is 9.37. The van der Waals surface area contributed by atoms with Gasteiger partial charge in [-0.3, -0.25) is 4.57 Å². The summed E-state index contributed by atoms with van der Waals surface area (Å²) in [5, 5.41) is 19.5. The minimum absolute atomic E-state index is 0.381. The molecule has 0 aliphatic carbocycles. The summed E-state index contributed by atoms with van der Waals surface area (Å²) in [7, 11) is 0. The zero-order valence-electron chi connectivity index (χ0n) is 16.8. The molecule has 1 atom stereocenters. The standard InChI is InChI=1S/C24H19ClN4OS/c1-17(30-22-14-8-7-13-21(22)25)23-27-28-24(29(23)20-11-3-2-4-12-20)31-16-19-10-6-5-9-18(19)15-26/h2-14,17H,16H2,1H3. The molecule has 154 valence electrons. The van der Waals surface area contributed by atoms with E-state index in [1.807, 2.05) is 84.3 Å². The Kier molecular flexibility index (Phi) is 6.56. The molecule has 7 heteroatoms. The molecule has 5 nitrogen and oxygen atoms in total. The Morgan fingerprint density at radius 1 is 1.00 bits per heavy atom. The molecule has 1 unspecified atom stereocenters. The second-order valence-electron chi connectivity index (χ2n) is 6.76. The summed E-state index contributed by atoms with van der Waals surface area (Å²) in [6.45, 7) is 1.92. The number of hydrogen-bond donors (Lipinski definition) is 0. The molecule has 0 saturated heterocycles. The third-order valence-electron chi connectivity index (χ3n) is 4.67. The number of ether oxygens (including phenoxy) is 1. The minimum Gasteiger partial charge on any atom is -0.481 e. The van der Waals surface area contributed by atoms with Crippen LogP contribution in [0.15, 0.2) is 84.0 Å². The largest absolute Gasteiger partial charge is 0.481 e. The van der Waals surface area contributed by atoms with Crippen molar-refractivity contribution in [3.63, 3.8) is 0 Å². The first-order valence-electron chi connectivity index (χ1n) is 9.70.